The van der Waals surface area contributed by atoms with Gasteiger partial charge in [0.15, 0.2) is 0 Å². The fourth-order valence-electron chi connectivity index (χ4n) is 1.50. The predicted octanol–water partition coefficient (Wildman–Crippen LogP) is 0.373. The molecule has 2 heterocycles. The Hall–Kier alpha value is -1.93. The van der Waals surface area contributed by atoms with Gasteiger partial charge in [-0.1, -0.05) is 6.07 Å². The summed E-state index contributed by atoms with van der Waals surface area (Å²) in [6.45, 7) is 1.82. The zero-order chi connectivity index (χ0) is 13.2. The van der Waals surface area contributed by atoms with Crippen LogP contribution in [0.5, 0.6) is 0 Å². The van der Waals surface area contributed by atoms with Crippen LogP contribution in [0.2, 0.25) is 0 Å². The van der Waals surface area contributed by atoms with Gasteiger partial charge in [0.05, 0.1) is 0 Å². The summed E-state index contributed by atoms with van der Waals surface area (Å²) in [5.74, 6) is 0.237. The number of sulfonamides is 1. The second-order valence-corrected chi connectivity index (χ2v) is 5.25. The van der Waals surface area contributed by atoms with E-state index in [1.165, 1.54) is 6.20 Å². The number of rotatable bonds is 4. The van der Waals surface area contributed by atoms with E-state index in [0.29, 0.717) is 11.3 Å². The van der Waals surface area contributed by atoms with Crippen LogP contribution in [0, 0.1) is 6.92 Å². The molecule has 0 radical (unpaired) electrons. The van der Waals surface area contributed by atoms with Crippen LogP contribution in [-0.4, -0.2) is 23.6 Å². The van der Waals surface area contributed by atoms with E-state index in [0.717, 1.165) is 0 Å². The van der Waals surface area contributed by atoms with Gasteiger partial charge < -0.3 is 5.73 Å². The fourth-order valence-corrected chi connectivity index (χ4v) is 2.72. The summed E-state index contributed by atoms with van der Waals surface area (Å²) < 4.78 is 26.6. The van der Waals surface area contributed by atoms with Crippen LogP contribution in [0.4, 0.5) is 5.82 Å². The summed E-state index contributed by atoms with van der Waals surface area (Å²) >= 11 is 0. The molecule has 0 saturated heterocycles. The fraction of sp³-hybridized carbons (Fsp3) is 0.200. The Morgan fingerprint density at radius 2 is 2.22 bits per heavy atom. The van der Waals surface area contributed by atoms with E-state index in [9.17, 15) is 8.42 Å². The number of hydrogen-bond donors (Lipinski definition) is 3. The Balaban J connectivity index is 2.37. The summed E-state index contributed by atoms with van der Waals surface area (Å²) in [7, 11) is -3.77. The van der Waals surface area contributed by atoms with Crippen LogP contribution in [0.1, 0.15) is 11.3 Å². The molecule has 0 fully saturated rings. The first-order chi connectivity index (χ1) is 8.54. The molecule has 0 atom stereocenters. The van der Waals surface area contributed by atoms with Crippen LogP contribution >= 0.6 is 0 Å². The molecule has 0 spiro atoms. The summed E-state index contributed by atoms with van der Waals surface area (Å²) in [6.07, 6.45) is 1.50. The number of aromatic nitrogens is 3. The van der Waals surface area contributed by atoms with Crippen LogP contribution in [0.25, 0.3) is 0 Å². The Morgan fingerprint density at radius 1 is 1.44 bits per heavy atom. The molecule has 4 N–H and O–H groups in total. The molecule has 2 aromatic rings. The van der Waals surface area contributed by atoms with Gasteiger partial charge in [0.2, 0.25) is 5.03 Å². The molecule has 2 aromatic heterocycles. The molecular formula is C10H13N5O2S. The van der Waals surface area contributed by atoms with Crippen molar-refractivity contribution in [3.05, 3.63) is 35.7 Å². The number of pyridine rings is 1. The van der Waals surface area contributed by atoms with Gasteiger partial charge in [0.1, 0.15) is 5.82 Å². The Morgan fingerprint density at radius 3 is 2.83 bits per heavy atom. The predicted molar refractivity (Wildman–Crippen MR) is 66.3 cm³/mol. The van der Waals surface area contributed by atoms with Gasteiger partial charge in [0.25, 0.3) is 10.0 Å². The van der Waals surface area contributed by atoms with Gasteiger partial charge in [-0.2, -0.15) is 13.5 Å². The second-order valence-electron chi connectivity index (χ2n) is 3.66. The Bertz CT molecular complexity index is 636. The number of H-pyrrole nitrogens is 1. The topological polar surface area (TPSA) is 114 Å². The summed E-state index contributed by atoms with van der Waals surface area (Å²) in [4.78, 5) is 3.89. The Kier molecular flexibility index (Phi) is 3.30. The summed E-state index contributed by atoms with van der Waals surface area (Å²) in [5.41, 5.74) is 6.63. The van der Waals surface area contributed by atoms with Crippen molar-refractivity contribution in [2.45, 2.75) is 18.5 Å². The smallest absolute Gasteiger partial charge is 0.282 e. The third-order valence-corrected chi connectivity index (χ3v) is 3.72. The monoisotopic (exact) mass is 267 g/mol. The van der Waals surface area contributed by atoms with Crippen molar-refractivity contribution in [2.75, 3.05) is 4.72 Å². The van der Waals surface area contributed by atoms with Crippen LogP contribution in [0.3, 0.4) is 0 Å². The highest BCUT2D eigenvalue weighted by atomic mass is 32.2. The van der Waals surface area contributed by atoms with Gasteiger partial charge >= 0.3 is 0 Å². The number of nitrogens with one attached hydrogen (secondary N) is 2. The molecule has 0 saturated carbocycles. The highest BCUT2D eigenvalue weighted by Crippen LogP contribution is 2.18. The average Bonchev–Trinajstić information content (AvgIpc) is 2.72. The van der Waals surface area contributed by atoms with E-state index < -0.39 is 10.0 Å². The number of anilines is 1. The largest absolute Gasteiger partial charge is 0.326 e. The summed E-state index contributed by atoms with van der Waals surface area (Å²) in [5, 5.41) is 6.29. The number of nitrogens with two attached hydrogens (primary N) is 1. The molecule has 8 heteroatoms. The van der Waals surface area contributed by atoms with E-state index in [2.05, 4.69) is 19.9 Å². The van der Waals surface area contributed by atoms with Crippen LogP contribution < -0.4 is 10.5 Å². The third-order valence-electron chi connectivity index (χ3n) is 2.40. The lowest BCUT2D eigenvalue weighted by atomic mass is 10.3. The van der Waals surface area contributed by atoms with Crippen molar-refractivity contribution >= 4 is 15.8 Å². The molecule has 96 valence electrons. The number of nitrogens with zero attached hydrogens (tertiary/aromatic N) is 2. The van der Waals surface area contributed by atoms with E-state index in [1.54, 1.807) is 25.1 Å². The van der Waals surface area contributed by atoms with Crippen molar-refractivity contribution < 1.29 is 8.42 Å². The lowest BCUT2D eigenvalue weighted by Crippen LogP contribution is -2.17. The van der Waals surface area contributed by atoms with Gasteiger partial charge in [-0.15, -0.1) is 0 Å². The molecular weight excluding hydrogens is 254 g/mol. The Labute approximate surface area is 104 Å². The molecule has 0 unspecified atom stereocenters. The highest BCUT2D eigenvalue weighted by molar-refractivity contribution is 7.92. The number of hydrogen-bond acceptors (Lipinski definition) is 5. The standard InChI is InChI=1S/C10H13N5O2S/c1-7-8(6-11)10(14-13-7)18(16,17)15-9-4-2-3-5-12-9/h2-5H,6,11H2,1H3,(H,12,15)(H,13,14). The van der Waals surface area contributed by atoms with Gasteiger partial charge in [0, 0.05) is 24.0 Å². The molecule has 0 aromatic carbocycles. The highest BCUT2D eigenvalue weighted by Gasteiger charge is 2.23. The van der Waals surface area contributed by atoms with Crippen LogP contribution in [0.15, 0.2) is 29.4 Å². The van der Waals surface area contributed by atoms with Crippen molar-refractivity contribution in [2.24, 2.45) is 5.73 Å². The van der Waals surface area contributed by atoms with Crippen molar-refractivity contribution in [3.63, 3.8) is 0 Å². The first-order valence-corrected chi connectivity index (χ1v) is 6.70. The molecule has 0 aliphatic rings. The molecule has 0 bridgehead atoms. The van der Waals surface area contributed by atoms with E-state index in [-0.39, 0.29) is 17.4 Å². The summed E-state index contributed by atoms with van der Waals surface area (Å²) in [6, 6.07) is 4.94. The van der Waals surface area contributed by atoms with E-state index in [1.807, 2.05) is 0 Å². The zero-order valence-corrected chi connectivity index (χ0v) is 10.5. The zero-order valence-electron chi connectivity index (χ0n) is 9.71. The number of aromatic amines is 1. The maximum Gasteiger partial charge on any atom is 0.282 e. The van der Waals surface area contributed by atoms with Gasteiger partial charge in [-0.05, 0) is 19.1 Å². The molecule has 0 aliphatic heterocycles. The van der Waals surface area contributed by atoms with Crippen molar-refractivity contribution in [3.8, 4) is 0 Å². The SMILES string of the molecule is Cc1[nH]nc(S(=O)(=O)Nc2ccccn2)c1CN. The van der Waals surface area contributed by atoms with E-state index >= 15 is 0 Å². The second kappa shape index (κ2) is 4.75. The van der Waals surface area contributed by atoms with Crippen LogP contribution in [-0.2, 0) is 16.6 Å². The third kappa shape index (κ3) is 2.34. The average molecular weight is 267 g/mol. The van der Waals surface area contributed by atoms with Gasteiger partial charge in [-0.25, -0.2) is 4.98 Å². The molecule has 7 nitrogen and oxygen atoms in total. The molecule has 18 heavy (non-hydrogen) atoms. The molecule has 0 amide bonds. The van der Waals surface area contributed by atoms with Gasteiger partial charge in [-0.3, -0.25) is 9.82 Å². The first-order valence-electron chi connectivity index (χ1n) is 5.22. The molecule has 0 aliphatic carbocycles. The minimum Gasteiger partial charge on any atom is -0.326 e. The van der Waals surface area contributed by atoms with Crippen molar-refractivity contribution in [1.82, 2.24) is 15.2 Å². The maximum absolute atomic E-state index is 12.1. The minimum atomic E-state index is -3.77. The minimum absolute atomic E-state index is 0.0897. The normalized spacial score (nSPS) is 11.4. The van der Waals surface area contributed by atoms with E-state index in [4.69, 9.17) is 5.73 Å². The number of aryl methyl sites for hydroxylation is 1. The maximum atomic E-state index is 12.1. The quantitative estimate of drug-likeness (QED) is 0.740. The van der Waals surface area contributed by atoms with Crippen molar-refractivity contribution in [1.29, 1.82) is 0 Å². The lowest BCUT2D eigenvalue weighted by molar-refractivity contribution is 0.595. The molecule has 2 rings (SSSR count). The lowest BCUT2D eigenvalue weighted by Gasteiger charge is -2.05. The first kappa shape index (κ1) is 12.5.